The maximum absolute atomic E-state index is 11.6. The van der Waals surface area contributed by atoms with Crippen LogP contribution in [0.3, 0.4) is 0 Å². The van der Waals surface area contributed by atoms with Crippen molar-refractivity contribution in [2.24, 2.45) is 0 Å². The second kappa shape index (κ2) is 29.9. The topological polar surface area (TPSA) is 163 Å². The zero-order chi connectivity index (χ0) is 30.8. The standard InChI is InChI=1S/C18H34O6.C12H26O4S.Na/c1-2-3-4-5-6-7-8-9-10-11-16(21)23-13-15(20)18-17(22)14(19)12-24-18;1-2-3-4-5-6-7-8-9-10-11-12-16-17(13,14)15;/h14-15,17-20,22H,2-13H2,1H3;2-12H2,1H3,(H,13,14,15);/q;;+1/p-1/t14-,15+,17+,18+;;/m0../s1. The number of carbonyl (C=O) groups excluding carboxylic acids is 1. The van der Waals surface area contributed by atoms with Crippen molar-refractivity contribution in [1.29, 1.82) is 0 Å². The first kappa shape index (κ1) is 44.3. The Morgan fingerprint density at radius 1 is 0.810 bits per heavy atom. The van der Waals surface area contributed by atoms with Crippen LogP contribution in [0.1, 0.15) is 142 Å². The molecule has 0 aromatic heterocycles. The molecule has 10 nitrogen and oxygen atoms in total. The van der Waals surface area contributed by atoms with E-state index in [1.54, 1.807) is 0 Å². The predicted molar refractivity (Wildman–Crippen MR) is 158 cm³/mol. The molecule has 1 saturated heterocycles. The van der Waals surface area contributed by atoms with Crippen LogP contribution in [-0.4, -0.2) is 78.5 Å². The third-order valence-corrected chi connectivity index (χ3v) is 7.65. The summed E-state index contributed by atoms with van der Waals surface area (Å²) in [5, 5.41) is 28.8. The Morgan fingerprint density at radius 2 is 1.24 bits per heavy atom. The van der Waals surface area contributed by atoms with Crippen molar-refractivity contribution in [3.05, 3.63) is 0 Å². The van der Waals surface area contributed by atoms with E-state index in [1.807, 2.05) is 0 Å². The molecule has 1 rings (SSSR count). The molecule has 4 atom stereocenters. The summed E-state index contributed by atoms with van der Waals surface area (Å²) in [4.78, 5) is 11.6. The van der Waals surface area contributed by atoms with Gasteiger partial charge in [-0.1, -0.05) is 123 Å². The monoisotopic (exact) mass is 634 g/mol. The minimum Gasteiger partial charge on any atom is -0.726 e. The number of hydrogen-bond donors (Lipinski definition) is 3. The van der Waals surface area contributed by atoms with Gasteiger partial charge in [0.25, 0.3) is 0 Å². The Labute approximate surface area is 277 Å². The van der Waals surface area contributed by atoms with E-state index in [4.69, 9.17) is 9.47 Å². The molecule has 1 heterocycles. The summed E-state index contributed by atoms with van der Waals surface area (Å²) in [6.07, 6.45) is 18.5. The Balaban J connectivity index is 0. The van der Waals surface area contributed by atoms with Crippen LogP contribution >= 0.6 is 0 Å². The SMILES string of the molecule is CCCCCCCCCCCC(=O)OC[C@@H](O)[C@H]1OC[C@H](O)[C@H]1O.CCCCCCCCCCCCOS(=O)(=O)[O-].[Na+]. The van der Waals surface area contributed by atoms with E-state index in [-0.39, 0.29) is 55.3 Å². The number of ether oxygens (including phenoxy) is 2. The first-order valence-electron chi connectivity index (χ1n) is 16.0. The van der Waals surface area contributed by atoms with Crippen LogP contribution in [0.15, 0.2) is 0 Å². The van der Waals surface area contributed by atoms with Gasteiger partial charge >= 0.3 is 35.5 Å². The van der Waals surface area contributed by atoms with Crippen molar-refractivity contribution in [2.75, 3.05) is 19.8 Å². The van der Waals surface area contributed by atoms with Crippen LogP contribution in [0.2, 0.25) is 0 Å². The fraction of sp³-hybridized carbons (Fsp3) is 0.967. The molecule has 1 aliphatic rings. The molecule has 0 aromatic carbocycles. The number of aliphatic hydroxyl groups excluding tert-OH is 3. The molecule has 0 unspecified atom stereocenters. The van der Waals surface area contributed by atoms with Crippen molar-refractivity contribution in [2.45, 2.75) is 167 Å². The fourth-order valence-electron chi connectivity index (χ4n) is 4.64. The van der Waals surface area contributed by atoms with Crippen LogP contribution < -0.4 is 29.6 Å². The second-order valence-corrected chi connectivity index (χ2v) is 12.1. The molecule has 42 heavy (non-hydrogen) atoms. The molecule has 1 fully saturated rings. The van der Waals surface area contributed by atoms with Gasteiger partial charge in [-0.25, -0.2) is 8.42 Å². The third kappa shape index (κ3) is 27.7. The van der Waals surface area contributed by atoms with Gasteiger partial charge in [0, 0.05) is 6.42 Å². The van der Waals surface area contributed by atoms with Gasteiger partial charge in [-0.05, 0) is 12.8 Å². The zero-order valence-electron chi connectivity index (χ0n) is 26.7. The van der Waals surface area contributed by atoms with E-state index in [0.29, 0.717) is 12.8 Å². The fourth-order valence-corrected chi connectivity index (χ4v) is 4.96. The quantitative estimate of drug-likeness (QED) is 0.0447. The van der Waals surface area contributed by atoms with Gasteiger partial charge < -0.3 is 29.3 Å². The molecule has 0 aromatic rings. The van der Waals surface area contributed by atoms with Gasteiger partial charge in [0.2, 0.25) is 10.4 Å². The van der Waals surface area contributed by atoms with Gasteiger partial charge in [0.15, 0.2) is 0 Å². The molecule has 0 amide bonds. The predicted octanol–water partition coefficient (Wildman–Crippen LogP) is 2.32. The Bertz CT molecular complexity index is 710. The van der Waals surface area contributed by atoms with Crippen LogP contribution in [-0.2, 0) is 28.9 Å². The summed E-state index contributed by atoms with van der Waals surface area (Å²) in [6.45, 7) is 4.22. The van der Waals surface area contributed by atoms with E-state index < -0.39 is 34.8 Å². The van der Waals surface area contributed by atoms with Crippen LogP contribution in [0.4, 0.5) is 0 Å². The van der Waals surface area contributed by atoms with E-state index in [9.17, 15) is 33.1 Å². The zero-order valence-corrected chi connectivity index (χ0v) is 29.5. The van der Waals surface area contributed by atoms with Crippen molar-refractivity contribution in [3.63, 3.8) is 0 Å². The van der Waals surface area contributed by atoms with Crippen LogP contribution in [0.25, 0.3) is 0 Å². The van der Waals surface area contributed by atoms with Crippen molar-refractivity contribution in [1.82, 2.24) is 0 Å². The second-order valence-electron chi connectivity index (χ2n) is 11.1. The van der Waals surface area contributed by atoms with Crippen LogP contribution in [0.5, 0.6) is 0 Å². The molecule has 0 radical (unpaired) electrons. The normalized spacial score (nSPS) is 19.0. The number of rotatable bonds is 25. The number of unbranched alkanes of at least 4 members (excludes halogenated alkanes) is 17. The summed E-state index contributed by atoms with van der Waals surface area (Å²) < 4.78 is 44.6. The molecular weight excluding hydrogens is 575 g/mol. The molecule has 0 saturated carbocycles. The Morgan fingerprint density at radius 3 is 1.64 bits per heavy atom. The summed E-state index contributed by atoms with van der Waals surface area (Å²) in [6, 6.07) is 0. The molecular formula is C30H59NaO10S. The van der Waals surface area contributed by atoms with E-state index in [0.717, 1.165) is 32.1 Å². The molecule has 12 heteroatoms. The van der Waals surface area contributed by atoms with E-state index in [2.05, 4.69) is 18.0 Å². The van der Waals surface area contributed by atoms with Crippen molar-refractivity contribution >= 4 is 16.4 Å². The number of aliphatic hydroxyl groups is 3. The number of esters is 1. The maximum atomic E-state index is 11.6. The smallest absolute Gasteiger partial charge is 0.726 e. The first-order valence-corrected chi connectivity index (χ1v) is 17.4. The average molecular weight is 635 g/mol. The Kier molecular flexibility index (Phi) is 31.5. The summed E-state index contributed by atoms with van der Waals surface area (Å²) in [5.41, 5.74) is 0. The molecule has 0 spiro atoms. The average Bonchev–Trinajstić information content (AvgIpc) is 3.27. The van der Waals surface area contributed by atoms with E-state index in [1.165, 1.54) is 83.5 Å². The van der Waals surface area contributed by atoms with Gasteiger partial charge in [0.05, 0.1) is 13.2 Å². The summed E-state index contributed by atoms with van der Waals surface area (Å²) >= 11 is 0. The molecule has 1 aliphatic heterocycles. The first-order chi connectivity index (χ1) is 19.6. The van der Waals surface area contributed by atoms with Crippen molar-refractivity contribution < 1.29 is 76.3 Å². The largest absolute Gasteiger partial charge is 1.00 e. The van der Waals surface area contributed by atoms with Crippen molar-refractivity contribution in [3.8, 4) is 0 Å². The van der Waals surface area contributed by atoms with E-state index >= 15 is 0 Å². The van der Waals surface area contributed by atoms with Gasteiger partial charge in [-0.3, -0.25) is 8.98 Å². The van der Waals surface area contributed by atoms with Gasteiger partial charge in [0.1, 0.15) is 31.0 Å². The third-order valence-electron chi connectivity index (χ3n) is 7.19. The summed E-state index contributed by atoms with van der Waals surface area (Å²) in [7, 11) is -4.48. The minimum atomic E-state index is -4.48. The summed E-state index contributed by atoms with van der Waals surface area (Å²) in [5.74, 6) is -0.343. The Hall–Kier alpha value is 0.180. The van der Waals surface area contributed by atoms with Crippen LogP contribution in [0, 0.1) is 0 Å². The molecule has 3 N–H and O–H groups in total. The number of carbonyl (C=O) groups is 1. The molecule has 0 aliphatic carbocycles. The molecule has 246 valence electrons. The van der Waals surface area contributed by atoms with Gasteiger partial charge in [-0.15, -0.1) is 0 Å². The maximum Gasteiger partial charge on any atom is 1.00 e. The molecule has 0 bridgehead atoms. The van der Waals surface area contributed by atoms with Gasteiger partial charge in [-0.2, -0.15) is 0 Å². The minimum absolute atomic E-state index is 0. The number of hydrogen-bond acceptors (Lipinski definition) is 10.